The second kappa shape index (κ2) is 8.66. The average Bonchev–Trinajstić information content (AvgIpc) is 2.96. The van der Waals surface area contributed by atoms with Gasteiger partial charge in [-0.1, -0.05) is 12.1 Å². The quantitative estimate of drug-likeness (QED) is 0.733. The molecule has 0 saturated carbocycles. The number of nitrogens with one attached hydrogen (secondary N) is 2. The molecule has 26 heavy (non-hydrogen) atoms. The first-order valence-electron chi connectivity index (χ1n) is 8.46. The summed E-state index contributed by atoms with van der Waals surface area (Å²) in [5.74, 6) is 0.0500. The van der Waals surface area contributed by atoms with Gasteiger partial charge in [0.2, 0.25) is 0 Å². The van der Waals surface area contributed by atoms with Gasteiger partial charge >= 0.3 is 12.1 Å². The molecule has 1 amide bonds. The summed E-state index contributed by atoms with van der Waals surface area (Å²) in [6, 6.07) is 6.90. The number of carbonyl (C=O) groups excluding carboxylic acids is 2. The Balaban J connectivity index is 2.09. The normalized spacial score (nSPS) is 12.6. The molecule has 0 aliphatic rings. The number of aromatic nitrogens is 2. The number of carbonyl (C=O) groups is 2. The largest absolute Gasteiger partial charge is 0.464 e. The van der Waals surface area contributed by atoms with E-state index in [9.17, 15) is 9.59 Å². The van der Waals surface area contributed by atoms with Gasteiger partial charge in [-0.3, -0.25) is 0 Å². The third-order valence-corrected chi connectivity index (χ3v) is 3.24. The molecule has 0 fully saturated rings. The maximum Gasteiger partial charge on any atom is 0.408 e. The van der Waals surface area contributed by atoms with E-state index in [2.05, 4.69) is 15.3 Å². The lowest BCUT2D eigenvalue weighted by Gasteiger charge is -2.22. The first-order valence-corrected chi connectivity index (χ1v) is 8.46. The zero-order valence-corrected chi connectivity index (χ0v) is 15.5. The van der Waals surface area contributed by atoms with Gasteiger partial charge in [-0.15, -0.1) is 0 Å². The van der Waals surface area contributed by atoms with Crippen molar-refractivity contribution in [3.05, 3.63) is 30.1 Å². The minimum Gasteiger partial charge on any atom is -0.464 e. The van der Waals surface area contributed by atoms with Crippen molar-refractivity contribution in [3.63, 3.8) is 0 Å². The van der Waals surface area contributed by atoms with E-state index >= 15 is 0 Å². The van der Waals surface area contributed by atoms with Crippen LogP contribution in [-0.2, 0) is 19.0 Å². The minimum absolute atomic E-state index is 0.0396. The summed E-state index contributed by atoms with van der Waals surface area (Å²) in [5, 5.41) is 2.72. The maximum absolute atomic E-state index is 12.1. The molecule has 0 spiro atoms. The third kappa shape index (κ3) is 6.03. The highest BCUT2D eigenvalue weighted by Crippen LogP contribution is 2.17. The zero-order valence-electron chi connectivity index (χ0n) is 15.5. The number of alkyl carbamates (subject to hydrolysis) is 1. The van der Waals surface area contributed by atoms with Gasteiger partial charge in [0.15, 0.2) is 0 Å². The number of para-hydroxylation sites is 2. The molecule has 0 bridgehead atoms. The lowest BCUT2D eigenvalue weighted by atomic mass is 10.2. The molecule has 1 heterocycles. The highest BCUT2D eigenvalue weighted by atomic mass is 16.6. The van der Waals surface area contributed by atoms with Crippen LogP contribution in [0.4, 0.5) is 4.79 Å². The fraction of sp³-hybridized carbons (Fsp3) is 0.500. The summed E-state index contributed by atoms with van der Waals surface area (Å²) in [5.41, 5.74) is 0.974. The number of hydrogen-bond acceptors (Lipinski definition) is 6. The standard InChI is InChI=1S/C18H25N3O5/c1-5-25-15(22)11-24-10-14(21-17(23)26-18(2,3)4)16-19-12-8-6-7-9-13(12)20-16/h6-9,14H,5,10-11H2,1-4H3,(H,19,20)(H,21,23). The summed E-state index contributed by atoms with van der Waals surface area (Å²) < 4.78 is 15.5. The molecule has 0 aliphatic carbocycles. The Morgan fingerprint density at radius 2 is 2.00 bits per heavy atom. The van der Waals surface area contributed by atoms with Gasteiger partial charge in [0.25, 0.3) is 0 Å². The second-order valence-corrected chi connectivity index (χ2v) is 6.66. The van der Waals surface area contributed by atoms with Gasteiger partial charge in [0.05, 0.1) is 24.2 Å². The van der Waals surface area contributed by atoms with Crippen LogP contribution in [0.3, 0.4) is 0 Å². The van der Waals surface area contributed by atoms with E-state index in [4.69, 9.17) is 14.2 Å². The molecule has 1 atom stereocenters. The lowest BCUT2D eigenvalue weighted by molar-refractivity contribution is -0.148. The van der Waals surface area contributed by atoms with Crippen LogP contribution in [0.5, 0.6) is 0 Å². The molecule has 1 aromatic carbocycles. The summed E-state index contributed by atoms with van der Waals surface area (Å²) in [7, 11) is 0. The smallest absolute Gasteiger partial charge is 0.408 e. The van der Waals surface area contributed by atoms with Crippen LogP contribution in [0.1, 0.15) is 39.6 Å². The van der Waals surface area contributed by atoms with Crippen LogP contribution in [0.15, 0.2) is 24.3 Å². The van der Waals surface area contributed by atoms with Gasteiger partial charge in [-0.2, -0.15) is 0 Å². The summed E-state index contributed by atoms with van der Waals surface area (Å²) in [4.78, 5) is 31.2. The molecule has 0 aliphatic heterocycles. The van der Waals surface area contributed by atoms with E-state index in [1.54, 1.807) is 27.7 Å². The van der Waals surface area contributed by atoms with Crippen molar-refractivity contribution in [2.75, 3.05) is 19.8 Å². The predicted molar refractivity (Wildman–Crippen MR) is 95.7 cm³/mol. The zero-order chi connectivity index (χ0) is 19.2. The number of aromatic amines is 1. The Bertz CT molecular complexity index is 718. The number of esters is 1. The van der Waals surface area contributed by atoms with E-state index < -0.39 is 23.7 Å². The van der Waals surface area contributed by atoms with Gasteiger partial charge in [0.1, 0.15) is 24.1 Å². The van der Waals surface area contributed by atoms with Crippen molar-refractivity contribution in [1.29, 1.82) is 0 Å². The molecule has 8 nitrogen and oxygen atoms in total. The molecule has 1 unspecified atom stereocenters. The number of amides is 1. The Hall–Kier alpha value is -2.61. The van der Waals surface area contributed by atoms with Crippen LogP contribution in [-0.4, -0.2) is 47.5 Å². The van der Waals surface area contributed by atoms with Crippen molar-refractivity contribution in [2.24, 2.45) is 0 Å². The first-order chi connectivity index (χ1) is 12.3. The SMILES string of the molecule is CCOC(=O)COCC(NC(=O)OC(C)(C)C)c1nc2ccccc2[nH]1. The number of rotatable bonds is 7. The van der Waals surface area contributed by atoms with Crippen molar-refractivity contribution < 1.29 is 23.8 Å². The first kappa shape index (κ1) is 19.7. The van der Waals surface area contributed by atoms with Gasteiger partial charge in [0, 0.05) is 0 Å². The monoisotopic (exact) mass is 363 g/mol. The van der Waals surface area contributed by atoms with Crippen molar-refractivity contribution in [2.45, 2.75) is 39.3 Å². The van der Waals surface area contributed by atoms with Crippen LogP contribution in [0.2, 0.25) is 0 Å². The molecular weight excluding hydrogens is 338 g/mol. The van der Waals surface area contributed by atoms with Crippen LogP contribution < -0.4 is 5.32 Å². The number of nitrogens with zero attached hydrogens (tertiary/aromatic N) is 1. The van der Waals surface area contributed by atoms with E-state index in [0.717, 1.165) is 11.0 Å². The fourth-order valence-corrected chi connectivity index (χ4v) is 2.24. The molecule has 2 aromatic rings. The second-order valence-electron chi connectivity index (χ2n) is 6.66. The number of ether oxygens (including phenoxy) is 3. The van der Waals surface area contributed by atoms with E-state index in [0.29, 0.717) is 5.82 Å². The van der Waals surface area contributed by atoms with Gasteiger partial charge in [-0.25, -0.2) is 14.6 Å². The fourth-order valence-electron chi connectivity index (χ4n) is 2.24. The number of fused-ring (bicyclic) bond motifs is 1. The molecule has 142 valence electrons. The summed E-state index contributed by atoms with van der Waals surface area (Å²) in [6.45, 7) is 7.17. The third-order valence-electron chi connectivity index (χ3n) is 3.24. The molecule has 2 N–H and O–H groups in total. The van der Waals surface area contributed by atoms with Crippen molar-refractivity contribution in [1.82, 2.24) is 15.3 Å². The molecule has 0 radical (unpaired) electrons. The number of benzene rings is 1. The molecular formula is C18H25N3O5. The maximum atomic E-state index is 12.1. The molecule has 8 heteroatoms. The number of hydrogen-bond donors (Lipinski definition) is 2. The highest BCUT2D eigenvalue weighted by molar-refractivity contribution is 5.75. The summed E-state index contributed by atoms with van der Waals surface area (Å²) >= 11 is 0. The van der Waals surface area contributed by atoms with Crippen LogP contribution in [0.25, 0.3) is 11.0 Å². The summed E-state index contributed by atoms with van der Waals surface area (Å²) in [6.07, 6.45) is -0.595. The van der Waals surface area contributed by atoms with Crippen LogP contribution in [0, 0.1) is 0 Å². The van der Waals surface area contributed by atoms with Crippen molar-refractivity contribution >= 4 is 23.1 Å². The van der Waals surface area contributed by atoms with E-state index in [1.165, 1.54) is 0 Å². The Labute approximate surface area is 152 Å². The topological polar surface area (TPSA) is 103 Å². The molecule has 0 saturated heterocycles. The number of H-pyrrole nitrogens is 1. The van der Waals surface area contributed by atoms with E-state index in [-0.39, 0.29) is 19.8 Å². The van der Waals surface area contributed by atoms with E-state index in [1.807, 2.05) is 24.3 Å². The number of imidazole rings is 1. The predicted octanol–water partition coefficient (Wildman–Crippen LogP) is 2.71. The Morgan fingerprint density at radius 3 is 2.65 bits per heavy atom. The van der Waals surface area contributed by atoms with Crippen molar-refractivity contribution in [3.8, 4) is 0 Å². The van der Waals surface area contributed by atoms with Crippen LogP contribution >= 0.6 is 0 Å². The van der Waals surface area contributed by atoms with Gasteiger partial charge in [-0.05, 0) is 39.8 Å². The molecule has 2 rings (SSSR count). The lowest BCUT2D eigenvalue weighted by Crippen LogP contribution is -2.37. The van der Waals surface area contributed by atoms with Gasteiger partial charge < -0.3 is 24.5 Å². The Kier molecular flexibility index (Phi) is 6.57. The Morgan fingerprint density at radius 1 is 1.27 bits per heavy atom. The minimum atomic E-state index is -0.631. The molecule has 1 aromatic heterocycles. The average molecular weight is 363 g/mol. The highest BCUT2D eigenvalue weighted by Gasteiger charge is 2.23.